The average Bonchev–Trinajstić information content (AvgIpc) is 4.24. The number of piperazine rings is 1. The molecule has 17 heteroatoms. The molecule has 3 aromatic carbocycles. The Hall–Kier alpha value is -6.50. The SMILES string of the molecule is Cc1cc(C)c(CNC(=O)c2cc(-c3ccc(CN4CCN(CCOCC(=O)N[C@H](C(=O)N5C[C@H](O)C[C@H]5C(=O)NCc5ccc(-c6scnc6C)cc5)C(C)(C)C)CC4)cc3)cc3c2ccn3C2CCCC2)c(=O)[nH]1. The summed E-state index contributed by atoms with van der Waals surface area (Å²) in [6.45, 7) is 16.8. The van der Waals surface area contributed by atoms with Crippen LogP contribution in [0, 0.1) is 26.2 Å². The number of ether oxygens (including phenoxy) is 1. The largest absolute Gasteiger partial charge is 0.391 e. The second-order valence-corrected chi connectivity index (χ2v) is 22.9. The summed E-state index contributed by atoms with van der Waals surface area (Å²) in [5.41, 5.74) is 10.9. The van der Waals surface area contributed by atoms with Crippen LogP contribution in [0.15, 0.2) is 89.3 Å². The molecule has 5 heterocycles. The van der Waals surface area contributed by atoms with Crippen LogP contribution in [0.4, 0.5) is 0 Å². The molecular formula is C59H73N9O7S. The van der Waals surface area contributed by atoms with Gasteiger partial charge in [-0.2, -0.15) is 0 Å². The lowest BCUT2D eigenvalue weighted by Gasteiger charge is -2.35. The van der Waals surface area contributed by atoms with Gasteiger partial charge in [0.1, 0.15) is 18.7 Å². The zero-order valence-corrected chi connectivity index (χ0v) is 45.6. The number of aliphatic hydroxyl groups is 1. The van der Waals surface area contributed by atoms with Crippen LogP contribution in [-0.4, -0.2) is 129 Å². The van der Waals surface area contributed by atoms with E-state index in [1.54, 1.807) is 11.3 Å². The van der Waals surface area contributed by atoms with Crippen molar-refractivity contribution in [1.29, 1.82) is 0 Å². The van der Waals surface area contributed by atoms with E-state index in [2.05, 4.69) is 82.9 Å². The molecule has 3 atom stereocenters. The van der Waals surface area contributed by atoms with Crippen LogP contribution in [0.25, 0.3) is 32.5 Å². The lowest BCUT2D eigenvalue weighted by Crippen LogP contribution is -2.58. The third-order valence-electron chi connectivity index (χ3n) is 15.4. The van der Waals surface area contributed by atoms with Crippen molar-refractivity contribution in [1.82, 2.24) is 45.2 Å². The molecule has 1 saturated carbocycles. The number of nitrogens with one attached hydrogen (secondary N) is 4. The standard InChI is InChI=1S/C59H73N9O7S/c1-37-27-38(2)63-56(72)49(37)32-61-55(71)48-28-44(29-50-47(48)19-20-67(50)45-9-7-8-10-45)42-15-13-41(14-16-42)33-66-23-21-65(22-24-66)25-26-75-35-52(70)64-54(59(4,5)6)58(74)68-34-46(69)30-51(68)57(73)60-31-40-11-17-43(18-12-40)53-39(3)62-36-76-53/h11-20,27-29,36,45-46,51,54,69H,7-10,21-26,30-35H2,1-6H3,(H,60,73)(H,61,71)(H,63,72)(H,64,70)/t46-,51+,54-/m1/s1. The Morgan fingerprint density at radius 2 is 1.55 bits per heavy atom. The van der Waals surface area contributed by atoms with Crippen molar-refractivity contribution >= 4 is 45.9 Å². The van der Waals surface area contributed by atoms with Gasteiger partial charge in [-0.25, -0.2) is 4.98 Å². The summed E-state index contributed by atoms with van der Waals surface area (Å²) in [7, 11) is 0. The number of carbonyl (C=O) groups is 4. The summed E-state index contributed by atoms with van der Waals surface area (Å²) >= 11 is 1.58. The van der Waals surface area contributed by atoms with Gasteiger partial charge in [0, 0.05) is 105 Å². The van der Waals surface area contributed by atoms with E-state index in [9.17, 15) is 29.1 Å². The normalized spacial score (nSPS) is 18.1. The molecule has 2 aliphatic heterocycles. The fourth-order valence-electron chi connectivity index (χ4n) is 11.1. The summed E-state index contributed by atoms with van der Waals surface area (Å²) in [6.07, 6.45) is 6.01. The predicted molar refractivity (Wildman–Crippen MR) is 297 cm³/mol. The topological polar surface area (TPSA) is 194 Å². The van der Waals surface area contributed by atoms with Crippen molar-refractivity contribution < 1.29 is 29.0 Å². The van der Waals surface area contributed by atoms with Gasteiger partial charge in [0.15, 0.2) is 0 Å². The van der Waals surface area contributed by atoms with Crippen LogP contribution in [0.5, 0.6) is 0 Å². The van der Waals surface area contributed by atoms with Gasteiger partial charge in [0.2, 0.25) is 17.7 Å². The van der Waals surface area contributed by atoms with Crippen molar-refractivity contribution in [2.24, 2.45) is 5.41 Å². The molecule has 1 aliphatic carbocycles. The zero-order chi connectivity index (χ0) is 53.7. The van der Waals surface area contributed by atoms with Crippen LogP contribution < -0.4 is 21.5 Å². The average molecular weight is 1050 g/mol. The molecule has 0 spiro atoms. The first-order valence-electron chi connectivity index (χ1n) is 26.8. The molecular weight excluding hydrogens is 979 g/mol. The number of hydrogen-bond acceptors (Lipinski definition) is 11. The first-order valence-corrected chi connectivity index (χ1v) is 27.7. The van der Waals surface area contributed by atoms with Gasteiger partial charge >= 0.3 is 0 Å². The molecule has 3 fully saturated rings. The van der Waals surface area contributed by atoms with Crippen LogP contribution in [0.3, 0.4) is 0 Å². The van der Waals surface area contributed by atoms with E-state index in [0.29, 0.717) is 30.3 Å². The van der Waals surface area contributed by atoms with Crippen LogP contribution in [-0.2, 0) is 38.8 Å². The number of nitrogens with zero attached hydrogens (tertiary/aromatic N) is 5. The van der Waals surface area contributed by atoms with E-state index in [4.69, 9.17) is 4.74 Å². The molecule has 76 heavy (non-hydrogen) atoms. The maximum Gasteiger partial charge on any atom is 0.253 e. The fourth-order valence-corrected chi connectivity index (χ4v) is 11.9. The Morgan fingerprint density at radius 3 is 2.24 bits per heavy atom. The number of likely N-dealkylation sites (tertiary alicyclic amines) is 1. The number of thiazole rings is 1. The van der Waals surface area contributed by atoms with Gasteiger partial charge < -0.3 is 40.2 Å². The highest BCUT2D eigenvalue weighted by atomic mass is 32.1. The number of β-amino-alcohol motifs (C(OH)–C–C–N with tert-alkyl or cyclic N) is 1. The van der Waals surface area contributed by atoms with Crippen molar-refractivity contribution in [2.45, 2.75) is 118 Å². The van der Waals surface area contributed by atoms with Crippen LogP contribution >= 0.6 is 11.3 Å². The Bertz CT molecular complexity index is 3090. The third kappa shape index (κ3) is 12.8. The van der Waals surface area contributed by atoms with E-state index in [1.165, 1.54) is 23.3 Å². The Kier molecular flexibility index (Phi) is 17.0. The molecule has 0 radical (unpaired) electrons. The molecule has 9 rings (SSSR count). The molecule has 402 valence electrons. The Balaban J connectivity index is 0.734. The molecule has 3 aromatic heterocycles. The Labute approximate surface area is 449 Å². The minimum atomic E-state index is -0.944. The highest BCUT2D eigenvalue weighted by Crippen LogP contribution is 2.36. The minimum Gasteiger partial charge on any atom is -0.391 e. The molecule has 5 N–H and O–H groups in total. The molecule has 16 nitrogen and oxygen atoms in total. The number of hydrogen-bond donors (Lipinski definition) is 5. The number of aryl methyl sites for hydroxylation is 3. The van der Waals surface area contributed by atoms with Crippen LogP contribution in [0.1, 0.15) is 103 Å². The van der Waals surface area contributed by atoms with Gasteiger partial charge in [-0.15, -0.1) is 11.3 Å². The van der Waals surface area contributed by atoms with E-state index in [0.717, 1.165) is 101 Å². The first kappa shape index (κ1) is 54.3. The van der Waals surface area contributed by atoms with Gasteiger partial charge in [0.25, 0.3) is 11.5 Å². The lowest BCUT2D eigenvalue weighted by atomic mass is 9.85. The monoisotopic (exact) mass is 1050 g/mol. The van der Waals surface area contributed by atoms with Crippen molar-refractivity contribution in [3.8, 4) is 21.6 Å². The summed E-state index contributed by atoms with van der Waals surface area (Å²) in [5, 5.41) is 20.4. The van der Waals surface area contributed by atoms with Gasteiger partial charge in [-0.05, 0) is 96.7 Å². The summed E-state index contributed by atoms with van der Waals surface area (Å²) < 4.78 is 8.20. The smallest absolute Gasteiger partial charge is 0.253 e. The number of benzene rings is 3. The number of amides is 4. The number of fused-ring (bicyclic) bond motifs is 1. The van der Waals surface area contributed by atoms with Gasteiger partial charge in [-0.1, -0.05) is 82.1 Å². The van der Waals surface area contributed by atoms with Crippen molar-refractivity contribution in [2.75, 3.05) is 52.5 Å². The van der Waals surface area contributed by atoms with Crippen molar-refractivity contribution in [3.63, 3.8) is 0 Å². The first-order chi connectivity index (χ1) is 36.5. The predicted octanol–water partition coefficient (Wildman–Crippen LogP) is 7.03. The molecule has 0 bridgehead atoms. The minimum absolute atomic E-state index is 0.00260. The number of H-pyrrole nitrogens is 1. The maximum absolute atomic E-state index is 14.1. The van der Waals surface area contributed by atoms with E-state index >= 15 is 0 Å². The number of aromatic amines is 1. The van der Waals surface area contributed by atoms with Crippen LogP contribution in [0.2, 0.25) is 0 Å². The molecule has 6 aromatic rings. The molecule has 4 amide bonds. The quantitative estimate of drug-likeness (QED) is 0.0558. The number of rotatable bonds is 18. The molecule has 2 saturated heterocycles. The summed E-state index contributed by atoms with van der Waals surface area (Å²) in [5.74, 6) is -1.41. The van der Waals surface area contributed by atoms with E-state index in [1.807, 2.05) is 83.5 Å². The second-order valence-electron chi connectivity index (χ2n) is 22.1. The zero-order valence-electron chi connectivity index (χ0n) is 44.7. The molecule has 0 unspecified atom stereocenters. The summed E-state index contributed by atoms with van der Waals surface area (Å²) in [4.78, 5) is 82.1. The highest BCUT2D eigenvalue weighted by Gasteiger charge is 2.44. The van der Waals surface area contributed by atoms with E-state index < -0.39 is 35.4 Å². The van der Waals surface area contributed by atoms with Gasteiger partial charge in [-0.3, -0.25) is 33.8 Å². The maximum atomic E-state index is 14.1. The fraction of sp³-hybridized carbons (Fsp3) is 0.458. The summed E-state index contributed by atoms with van der Waals surface area (Å²) in [6, 6.07) is 23.3. The third-order valence-corrected chi connectivity index (χ3v) is 16.4. The number of aliphatic hydroxyl groups excluding tert-OH is 1. The number of aromatic nitrogens is 3. The van der Waals surface area contributed by atoms with E-state index in [-0.39, 0.29) is 50.0 Å². The second kappa shape index (κ2) is 23.8. The molecule has 3 aliphatic rings. The van der Waals surface area contributed by atoms with Crippen molar-refractivity contribution in [3.05, 3.63) is 134 Å². The Morgan fingerprint density at radius 1 is 0.855 bits per heavy atom. The highest BCUT2D eigenvalue weighted by molar-refractivity contribution is 7.13. The number of pyridine rings is 1. The van der Waals surface area contributed by atoms with Gasteiger partial charge in [0.05, 0.1) is 28.8 Å². The lowest BCUT2D eigenvalue weighted by molar-refractivity contribution is -0.144. The number of carbonyl (C=O) groups excluding carboxylic acids is 4.